The number of methoxy groups -OCH3 is 1. The molecule has 0 aliphatic carbocycles. The lowest BCUT2D eigenvalue weighted by Gasteiger charge is -2.25. The summed E-state index contributed by atoms with van der Waals surface area (Å²) in [6, 6.07) is 6.01. The lowest BCUT2D eigenvalue weighted by atomic mass is 10.1. The molecule has 1 heterocycles. The third-order valence-electron chi connectivity index (χ3n) is 4.35. The minimum atomic E-state index is -0.870. The van der Waals surface area contributed by atoms with Crippen molar-refractivity contribution in [2.24, 2.45) is 0 Å². The van der Waals surface area contributed by atoms with Crippen LogP contribution in [0.1, 0.15) is 22.8 Å². The average Bonchev–Trinajstić information content (AvgIpc) is 2.68. The molecule has 1 aliphatic heterocycles. The lowest BCUT2D eigenvalue weighted by molar-refractivity contribution is -0.135. The molecule has 3 rings (SSSR count). The SMILES string of the molecule is CCc1cc(OC)c(Oc2ccc(C(=O)N3CC(=O)NC(=O)C3)cc2F)cc1F. The maximum atomic E-state index is 14.5. The van der Waals surface area contributed by atoms with E-state index >= 15 is 0 Å². The molecule has 3 amide bonds. The molecule has 0 atom stereocenters. The number of benzene rings is 2. The van der Waals surface area contributed by atoms with E-state index in [0.717, 1.165) is 17.0 Å². The third-order valence-corrected chi connectivity index (χ3v) is 4.35. The number of piperazine rings is 1. The van der Waals surface area contributed by atoms with Gasteiger partial charge >= 0.3 is 0 Å². The Morgan fingerprint density at radius 2 is 1.72 bits per heavy atom. The minimum Gasteiger partial charge on any atom is -0.493 e. The van der Waals surface area contributed by atoms with Crippen molar-refractivity contribution in [2.45, 2.75) is 13.3 Å². The molecule has 0 unspecified atom stereocenters. The molecular weight excluding hydrogens is 386 g/mol. The zero-order valence-corrected chi connectivity index (χ0v) is 15.8. The van der Waals surface area contributed by atoms with Crippen LogP contribution >= 0.6 is 0 Å². The van der Waals surface area contributed by atoms with Gasteiger partial charge in [0.05, 0.1) is 7.11 Å². The second-order valence-corrected chi connectivity index (χ2v) is 6.33. The number of hydrogen-bond acceptors (Lipinski definition) is 5. The second-order valence-electron chi connectivity index (χ2n) is 6.33. The van der Waals surface area contributed by atoms with Gasteiger partial charge in [-0.15, -0.1) is 0 Å². The number of carbonyl (C=O) groups is 3. The monoisotopic (exact) mass is 404 g/mol. The molecule has 0 spiro atoms. The van der Waals surface area contributed by atoms with Crippen LogP contribution < -0.4 is 14.8 Å². The quantitative estimate of drug-likeness (QED) is 0.774. The Bertz CT molecular complexity index is 977. The van der Waals surface area contributed by atoms with Gasteiger partial charge in [0.15, 0.2) is 23.1 Å². The summed E-state index contributed by atoms with van der Waals surface area (Å²) in [6.07, 6.45) is 0.449. The fraction of sp³-hybridized carbons (Fsp3) is 0.250. The lowest BCUT2D eigenvalue weighted by Crippen LogP contribution is -2.53. The highest BCUT2D eigenvalue weighted by Gasteiger charge is 2.27. The molecule has 0 bridgehead atoms. The van der Waals surface area contributed by atoms with Crippen molar-refractivity contribution in [3.05, 3.63) is 53.1 Å². The molecule has 9 heteroatoms. The molecule has 0 aromatic heterocycles. The Kier molecular flexibility index (Phi) is 5.76. The molecule has 2 aromatic carbocycles. The van der Waals surface area contributed by atoms with Crippen LogP contribution in [-0.2, 0) is 16.0 Å². The van der Waals surface area contributed by atoms with Crippen molar-refractivity contribution in [3.8, 4) is 17.2 Å². The fourth-order valence-corrected chi connectivity index (χ4v) is 2.89. The third kappa shape index (κ3) is 4.34. The summed E-state index contributed by atoms with van der Waals surface area (Å²) < 4.78 is 39.2. The number of nitrogens with one attached hydrogen (secondary N) is 1. The normalized spacial score (nSPS) is 13.9. The molecule has 1 saturated heterocycles. The number of amides is 3. The fourth-order valence-electron chi connectivity index (χ4n) is 2.89. The number of carbonyl (C=O) groups excluding carboxylic acids is 3. The molecule has 2 aromatic rings. The Balaban J connectivity index is 1.83. The first-order valence-corrected chi connectivity index (χ1v) is 8.78. The first-order chi connectivity index (χ1) is 13.8. The number of aryl methyl sites for hydroxylation is 1. The van der Waals surface area contributed by atoms with Crippen LogP contribution in [0.5, 0.6) is 17.2 Å². The zero-order chi connectivity index (χ0) is 21.1. The summed E-state index contributed by atoms with van der Waals surface area (Å²) >= 11 is 0. The number of halogens is 2. The highest BCUT2D eigenvalue weighted by Crippen LogP contribution is 2.35. The maximum Gasteiger partial charge on any atom is 0.254 e. The summed E-state index contributed by atoms with van der Waals surface area (Å²) in [7, 11) is 1.38. The van der Waals surface area contributed by atoms with Crippen molar-refractivity contribution in [3.63, 3.8) is 0 Å². The molecular formula is C20H18F2N2O5. The predicted octanol–water partition coefficient (Wildman–Crippen LogP) is 2.43. The van der Waals surface area contributed by atoms with E-state index in [0.29, 0.717) is 12.0 Å². The topological polar surface area (TPSA) is 84.9 Å². The first kappa shape index (κ1) is 20.2. The van der Waals surface area contributed by atoms with Gasteiger partial charge in [-0.2, -0.15) is 0 Å². The van der Waals surface area contributed by atoms with Crippen molar-refractivity contribution in [1.29, 1.82) is 0 Å². The van der Waals surface area contributed by atoms with Gasteiger partial charge in [-0.1, -0.05) is 6.92 Å². The standard InChI is InChI=1S/C20H18F2N2O5/c1-3-11-7-16(28-2)17(8-13(11)21)29-15-5-4-12(6-14(15)22)20(27)24-9-18(25)23-19(26)10-24/h4-8H,3,9-10H2,1-2H3,(H,23,25,26). The van der Waals surface area contributed by atoms with Gasteiger partial charge in [0.1, 0.15) is 18.9 Å². The van der Waals surface area contributed by atoms with Gasteiger partial charge in [0.2, 0.25) is 11.8 Å². The van der Waals surface area contributed by atoms with Gasteiger partial charge in [-0.05, 0) is 36.2 Å². The smallest absolute Gasteiger partial charge is 0.254 e. The molecule has 1 N–H and O–H groups in total. The Morgan fingerprint density at radius 1 is 1.03 bits per heavy atom. The van der Waals surface area contributed by atoms with E-state index < -0.39 is 29.4 Å². The van der Waals surface area contributed by atoms with Crippen molar-refractivity contribution >= 4 is 17.7 Å². The van der Waals surface area contributed by atoms with E-state index in [1.165, 1.54) is 25.3 Å². The predicted molar refractivity (Wildman–Crippen MR) is 97.9 cm³/mol. The molecule has 29 heavy (non-hydrogen) atoms. The van der Waals surface area contributed by atoms with Gasteiger partial charge in [0, 0.05) is 11.6 Å². The average molecular weight is 404 g/mol. The van der Waals surface area contributed by atoms with Crippen molar-refractivity contribution < 1.29 is 32.6 Å². The van der Waals surface area contributed by atoms with Crippen LogP contribution in [0.25, 0.3) is 0 Å². The van der Waals surface area contributed by atoms with Crippen LogP contribution in [-0.4, -0.2) is 42.8 Å². The zero-order valence-electron chi connectivity index (χ0n) is 15.8. The van der Waals surface area contributed by atoms with Crippen molar-refractivity contribution in [1.82, 2.24) is 10.2 Å². The Morgan fingerprint density at radius 3 is 2.31 bits per heavy atom. The van der Waals surface area contributed by atoms with Crippen LogP contribution in [0, 0.1) is 11.6 Å². The van der Waals surface area contributed by atoms with Crippen LogP contribution in [0.3, 0.4) is 0 Å². The summed E-state index contributed by atoms with van der Waals surface area (Å²) in [6.45, 7) is 1.18. The summed E-state index contributed by atoms with van der Waals surface area (Å²) in [4.78, 5) is 36.3. The minimum absolute atomic E-state index is 0.0153. The Hall–Kier alpha value is -3.49. The number of rotatable bonds is 5. The van der Waals surface area contributed by atoms with E-state index in [2.05, 4.69) is 5.32 Å². The summed E-state index contributed by atoms with van der Waals surface area (Å²) in [5, 5.41) is 2.08. The van der Waals surface area contributed by atoms with Gasteiger partial charge in [0.25, 0.3) is 5.91 Å². The summed E-state index contributed by atoms with van der Waals surface area (Å²) in [5.41, 5.74) is 0.368. The first-order valence-electron chi connectivity index (χ1n) is 8.78. The van der Waals surface area contributed by atoms with Crippen LogP contribution in [0.4, 0.5) is 8.78 Å². The van der Waals surface area contributed by atoms with Crippen molar-refractivity contribution in [2.75, 3.05) is 20.2 Å². The largest absolute Gasteiger partial charge is 0.493 e. The van der Waals surface area contributed by atoms with E-state index in [-0.39, 0.29) is 35.9 Å². The van der Waals surface area contributed by atoms with E-state index in [1.807, 2.05) is 0 Å². The second kappa shape index (κ2) is 8.26. The highest BCUT2D eigenvalue weighted by atomic mass is 19.1. The molecule has 0 radical (unpaired) electrons. The van der Waals surface area contributed by atoms with Crippen LogP contribution in [0.2, 0.25) is 0 Å². The molecule has 1 fully saturated rings. The maximum absolute atomic E-state index is 14.5. The van der Waals surface area contributed by atoms with E-state index in [4.69, 9.17) is 9.47 Å². The van der Waals surface area contributed by atoms with Gasteiger partial charge in [-0.3, -0.25) is 19.7 Å². The number of ether oxygens (including phenoxy) is 2. The summed E-state index contributed by atoms with van der Waals surface area (Å²) in [5.74, 6) is -3.29. The van der Waals surface area contributed by atoms with Gasteiger partial charge in [-0.25, -0.2) is 8.78 Å². The molecule has 0 saturated carbocycles. The van der Waals surface area contributed by atoms with Gasteiger partial charge < -0.3 is 14.4 Å². The Labute approximate surface area is 165 Å². The number of imide groups is 1. The molecule has 152 valence electrons. The molecule has 7 nitrogen and oxygen atoms in total. The van der Waals surface area contributed by atoms with Crippen LogP contribution in [0.15, 0.2) is 30.3 Å². The number of hydrogen-bond donors (Lipinski definition) is 1. The molecule has 1 aliphatic rings. The number of nitrogens with zero attached hydrogens (tertiary/aromatic N) is 1. The van der Waals surface area contributed by atoms with E-state index in [1.54, 1.807) is 6.92 Å². The highest BCUT2D eigenvalue weighted by molar-refractivity contribution is 6.05. The van der Waals surface area contributed by atoms with E-state index in [9.17, 15) is 23.2 Å².